The first-order chi connectivity index (χ1) is 19.0. The monoisotopic (exact) mass is 550 g/mol. The second kappa shape index (κ2) is 10.9. The molecule has 0 heterocycles. The molecular formula is C34H37F3O3. The average Bonchev–Trinajstić information content (AvgIpc) is 3.56. The van der Waals surface area contributed by atoms with Gasteiger partial charge in [-0.05, 0) is 94.9 Å². The number of benzene rings is 3. The van der Waals surface area contributed by atoms with E-state index in [4.69, 9.17) is 4.74 Å². The topological polar surface area (TPSA) is 46.5 Å². The van der Waals surface area contributed by atoms with E-state index in [0.29, 0.717) is 11.3 Å². The lowest BCUT2D eigenvalue weighted by Crippen LogP contribution is -2.17. The first kappa shape index (κ1) is 28.3. The van der Waals surface area contributed by atoms with Crippen LogP contribution in [0.4, 0.5) is 13.2 Å². The highest BCUT2D eigenvalue weighted by atomic mass is 19.3. The minimum absolute atomic E-state index is 0.00254. The van der Waals surface area contributed by atoms with Crippen LogP contribution in [0.25, 0.3) is 11.1 Å². The van der Waals surface area contributed by atoms with E-state index < -0.39 is 18.2 Å². The summed E-state index contributed by atoms with van der Waals surface area (Å²) < 4.78 is 48.2. The van der Waals surface area contributed by atoms with Crippen LogP contribution in [0.2, 0.25) is 0 Å². The molecule has 2 saturated carbocycles. The van der Waals surface area contributed by atoms with Crippen LogP contribution in [-0.2, 0) is 11.4 Å². The van der Waals surface area contributed by atoms with E-state index in [1.165, 1.54) is 6.07 Å². The van der Waals surface area contributed by atoms with E-state index in [1.807, 2.05) is 42.5 Å². The molecule has 0 spiro atoms. The minimum atomic E-state index is -2.67. The summed E-state index contributed by atoms with van der Waals surface area (Å²) in [4.78, 5) is 11.6. The second-order valence-corrected chi connectivity index (χ2v) is 12.6. The summed E-state index contributed by atoms with van der Waals surface area (Å²) in [5.74, 6) is -0.552. The van der Waals surface area contributed by atoms with Crippen LogP contribution in [0, 0.1) is 16.6 Å². The molecule has 0 saturated heterocycles. The Kier molecular flexibility index (Phi) is 7.73. The third-order valence-corrected chi connectivity index (χ3v) is 9.21. The second-order valence-electron chi connectivity index (χ2n) is 12.6. The first-order valence-electron chi connectivity index (χ1n) is 14.1. The molecule has 2 fully saturated rings. The Hall–Kier alpha value is -3.28. The molecule has 212 valence electrons. The number of hydrogen-bond donors (Lipinski definition) is 1. The molecule has 2 aliphatic rings. The van der Waals surface area contributed by atoms with Crippen molar-refractivity contribution in [2.24, 2.45) is 10.8 Å². The van der Waals surface area contributed by atoms with Gasteiger partial charge in [-0.3, -0.25) is 4.79 Å². The van der Waals surface area contributed by atoms with E-state index in [0.717, 1.165) is 60.9 Å². The van der Waals surface area contributed by atoms with Crippen LogP contribution in [0.5, 0.6) is 5.75 Å². The number of halogens is 3. The number of carboxylic acids is 1. The third kappa shape index (κ3) is 5.91. The van der Waals surface area contributed by atoms with Gasteiger partial charge in [-0.2, -0.15) is 0 Å². The molecule has 2 atom stereocenters. The molecule has 0 aliphatic heterocycles. The maximum Gasteiger partial charge on any atom is 0.303 e. The lowest BCUT2D eigenvalue weighted by Gasteiger charge is -2.30. The zero-order chi connectivity index (χ0) is 28.7. The van der Waals surface area contributed by atoms with E-state index in [-0.39, 0.29) is 46.8 Å². The van der Waals surface area contributed by atoms with Crippen LogP contribution in [0.15, 0.2) is 60.7 Å². The number of hydrogen-bond acceptors (Lipinski definition) is 2. The van der Waals surface area contributed by atoms with Gasteiger partial charge in [0.05, 0.1) is 6.42 Å². The largest absolute Gasteiger partial charge is 0.489 e. The summed E-state index contributed by atoms with van der Waals surface area (Å²) in [5, 5.41) is 9.48. The Morgan fingerprint density at radius 1 is 0.975 bits per heavy atom. The lowest BCUT2D eigenvalue weighted by molar-refractivity contribution is -0.137. The molecule has 0 amide bonds. The van der Waals surface area contributed by atoms with Crippen molar-refractivity contribution < 1.29 is 27.8 Å². The van der Waals surface area contributed by atoms with Crippen LogP contribution in [0.3, 0.4) is 0 Å². The molecule has 3 nitrogen and oxygen atoms in total. The normalized spacial score (nSPS) is 19.9. The highest BCUT2D eigenvalue weighted by Crippen LogP contribution is 2.57. The number of alkyl halides is 2. The Labute approximate surface area is 234 Å². The summed E-state index contributed by atoms with van der Waals surface area (Å²) in [7, 11) is 0. The Balaban J connectivity index is 1.44. The Morgan fingerprint density at radius 3 is 2.40 bits per heavy atom. The molecule has 1 N–H and O–H groups in total. The highest BCUT2D eigenvalue weighted by molar-refractivity contribution is 5.70. The molecule has 3 aromatic carbocycles. The fourth-order valence-electron chi connectivity index (χ4n) is 6.50. The number of carbonyl (C=O) groups is 1. The van der Waals surface area contributed by atoms with E-state index in [9.17, 15) is 18.7 Å². The first-order valence-corrected chi connectivity index (χ1v) is 14.1. The SMILES string of the molecule is CC1(C)CCC[C@@H]1c1cc(COc2cccc([C@H](CC(=O)O)C3(C)CC3)c2)ccc1-c1cc(C(F)F)ccc1F. The van der Waals surface area contributed by atoms with Gasteiger partial charge in [0.1, 0.15) is 18.2 Å². The number of ether oxygens (including phenoxy) is 1. The van der Waals surface area contributed by atoms with Crippen molar-refractivity contribution in [3.63, 3.8) is 0 Å². The van der Waals surface area contributed by atoms with Gasteiger partial charge in [0.2, 0.25) is 0 Å². The molecule has 2 aliphatic carbocycles. The molecule has 40 heavy (non-hydrogen) atoms. The number of aliphatic carboxylic acids is 1. The smallest absolute Gasteiger partial charge is 0.303 e. The van der Waals surface area contributed by atoms with Crippen LogP contribution in [-0.4, -0.2) is 11.1 Å². The number of rotatable bonds is 10. The van der Waals surface area contributed by atoms with Crippen molar-refractivity contribution in [2.45, 2.75) is 84.2 Å². The standard InChI is InChI=1S/C34H37F3O3/c1-33(2)13-5-8-28(33)26-16-21(9-11-25(26)27-18-23(32(36)37)10-12-30(27)35)20-40-24-7-4-6-22(17-24)29(19-31(38)39)34(3)14-15-34/h4,6-7,9-12,16-18,28-29,32H,5,8,13-15,19-20H2,1-3H3,(H,38,39)/t28-,29+/m1/s1. The third-order valence-electron chi connectivity index (χ3n) is 9.21. The molecule has 5 rings (SSSR count). The van der Waals surface area contributed by atoms with Gasteiger partial charge < -0.3 is 9.84 Å². The predicted octanol–water partition coefficient (Wildman–Crippen LogP) is 9.66. The summed E-state index contributed by atoms with van der Waals surface area (Å²) in [5.41, 5.74) is 3.51. The van der Waals surface area contributed by atoms with Crippen molar-refractivity contribution in [3.05, 3.63) is 88.7 Å². The van der Waals surface area contributed by atoms with Crippen LogP contribution in [0.1, 0.15) is 99.8 Å². The van der Waals surface area contributed by atoms with Gasteiger partial charge in [0.25, 0.3) is 6.43 Å². The Bertz CT molecular complexity index is 1390. The molecular weight excluding hydrogens is 513 g/mol. The quantitative estimate of drug-likeness (QED) is 0.273. The summed E-state index contributed by atoms with van der Waals surface area (Å²) >= 11 is 0. The van der Waals surface area contributed by atoms with E-state index in [2.05, 4.69) is 20.8 Å². The maximum absolute atomic E-state index is 15.0. The molecule has 0 bridgehead atoms. The van der Waals surface area contributed by atoms with Crippen LogP contribution >= 0.6 is 0 Å². The number of carboxylic acid groups (broad SMARTS) is 1. The van der Waals surface area contributed by atoms with E-state index >= 15 is 4.39 Å². The van der Waals surface area contributed by atoms with Crippen molar-refractivity contribution in [1.82, 2.24) is 0 Å². The molecule has 3 aromatic rings. The predicted molar refractivity (Wildman–Crippen MR) is 150 cm³/mol. The zero-order valence-electron chi connectivity index (χ0n) is 23.4. The fraction of sp³-hybridized carbons (Fsp3) is 0.441. The molecule has 0 aromatic heterocycles. The van der Waals surface area contributed by atoms with Gasteiger partial charge in [0, 0.05) is 11.1 Å². The van der Waals surface area contributed by atoms with Gasteiger partial charge in [-0.25, -0.2) is 13.2 Å². The highest BCUT2D eigenvalue weighted by Gasteiger charge is 2.46. The summed E-state index contributed by atoms with van der Waals surface area (Å²) in [6, 6.07) is 17.0. The van der Waals surface area contributed by atoms with Crippen molar-refractivity contribution in [2.75, 3.05) is 0 Å². The van der Waals surface area contributed by atoms with Gasteiger partial charge in [-0.1, -0.05) is 63.6 Å². The maximum atomic E-state index is 15.0. The van der Waals surface area contributed by atoms with Gasteiger partial charge >= 0.3 is 5.97 Å². The minimum Gasteiger partial charge on any atom is -0.489 e. The van der Waals surface area contributed by atoms with Crippen LogP contribution < -0.4 is 4.74 Å². The fourth-order valence-corrected chi connectivity index (χ4v) is 6.50. The van der Waals surface area contributed by atoms with Crippen molar-refractivity contribution >= 4 is 5.97 Å². The van der Waals surface area contributed by atoms with Crippen molar-refractivity contribution in [1.29, 1.82) is 0 Å². The lowest BCUT2D eigenvalue weighted by atomic mass is 9.75. The summed E-state index contributed by atoms with van der Waals surface area (Å²) in [6.07, 6.45) is 2.50. The molecule has 6 heteroatoms. The Morgan fingerprint density at radius 2 is 1.75 bits per heavy atom. The van der Waals surface area contributed by atoms with Gasteiger partial charge in [0.15, 0.2) is 0 Å². The van der Waals surface area contributed by atoms with Gasteiger partial charge in [-0.15, -0.1) is 0 Å². The zero-order valence-corrected chi connectivity index (χ0v) is 23.4. The van der Waals surface area contributed by atoms with E-state index in [1.54, 1.807) is 0 Å². The average molecular weight is 551 g/mol. The summed E-state index contributed by atoms with van der Waals surface area (Å²) in [6.45, 7) is 6.85. The van der Waals surface area contributed by atoms with Crippen molar-refractivity contribution in [3.8, 4) is 16.9 Å². The molecule has 0 unspecified atom stereocenters. The molecule has 0 radical (unpaired) electrons.